The molecular formula is C99H132BrN15O7. The first-order chi connectivity index (χ1) is 57.7. The number of hydrogen-bond acceptors (Lipinski definition) is 18. The lowest BCUT2D eigenvalue weighted by molar-refractivity contribution is 0.00892. The third-order valence-corrected chi connectivity index (χ3v) is 23.8. The highest BCUT2D eigenvalue weighted by molar-refractivity contribution is 9.10. The summed E-state index contributed by atoms with van der Waals surface area (Å²) in [6, 6.07) is 52.1. The van der Waals surface area contributed by atoms with Crippen LogP contribution in [0.5, 0.6) is 0 Å². The summed E-state index contributed by atoms with van der Waals surface area (Å²) in [5, 5.41) is 31.6. The van der Waals surface area contributed by atoms with Gasteiger partial charge in [-0.15, -0.1) is 0 Å². The molecule has 2 N–H and O–H groups in total. The summed E-state index contributed by atoms with van der Waals surface area (Å²) < 4.78 is 11.7. The smallest absolute Gasteiger partial charge is 0.410 e. The van der Waals surface area contributed by atoms with Crippen LogP contribution in [0.4, 0.5) is 38.4 Å². The van der Waals surface area contributed by atoms with Crippen LogP contribution in [0.15, 0.2) is 175 Å². The van der Waals surface area contributed by atoms with E-state index in [9.17, 15) is 34.8 Å². The topological polar surface area (TPSA) is 244 Å². The Hall–Kier alpha value is -10.6. The van der Waals surface area contributed by atoms with Gasteiger partial charge < -0.3 is 59.1 Å². The number of carbonyl (C=O) groups excluding carboxylic acids is 3. The van der Waals surface area contributed by atoms with Crippen molar-refractivity contribution in [3.05, 3.63) is 231 Å². The van der Waals surface area contributed by atoms with Crippen molar-refractivity contribution < 1.29 is 33.8 Å². The number of nitrogens with one attached hydrogen (secondary N) is 1. The summed E-state index contributed by atoms with van der Waals surface area (Å²) in [5.41, 5.74) is 10.7. The van der Waals surface area contributed by atoms with E-state index in [4.69, 9.17) is 9.47 Å². The maximum absolute atomic E-state index is 13.8. The average Bonchev–Trinajstić information content (AvgIpc) is 0.781. The maximum atomic E-state index is 13.8. The molecule has 4 aromatic carbocycles. The predicted molar refractivity (Wildman–Crippen MR) is 495 cm³/mol. The number of amides is 3. The molecule has 0 atom stereocenters. The summed E-state index contributed by atoms with van der Waals surface area (Å²) in [5.74, 6) is 3.39. The van der Waals surface area contributed by atoms with E-state index in [0.717, 1.165) is 184 Å². The van der Waals surface area contributed by atoms with Gasteiger partial charge in [0.1, 0.15) is 45.4 Å². The Kier molecular flexibility index (Phi) is 33.5. The molecule has 14 rings (SSSR count). The molecule has 0 aliphatic carbocycles. The Morgan fingerprint density at radius 2 is 0.869 bits per heavy atom. The number of carboxylic acid groups (broad SMARTS) is 1. The molecule has 8 aromatic rings. The Labute approximate surface area is 735 Å². The number of pyridine rings is 4. The summed E-state index contributed by atoms with van der Waals surface area (Å²) in [6.07, 6.45) is 15.2. The van der Waals surface area contributed by atoms with Crippen LogP contribution in [0.3, 0.4) is 0 Å². The van der Waals surface area contributed by atoms with E-state index in [1.54, 1.807) is 17.3 Å². The number of aromatic nitrogens is 4. The average molecular weight is 1720 g/mol. The van der Waals surface area contributed by atoms with Crippen molar-refractivity contribution >= 4 is 68.8 Å². The minimum atomic E-state index is -0.855. The molecular weight excluding hydrogens is 1590 g/mol. The molecule has 0 radical (unpaired) electrons. The summed E-state index contributed by atoms with van der Waals surface area (Å²) in [4.78, 5) is 83.7. The van der Waals surface area contributed by atoms with Gasteiger partial charge in [-0.3, -0.25) is 4.79 Å². The molecule has 652 valence electrons. The molecule has 6 saturated heterocycles. The monoisotopic (exact) mass is 1720 g/mol. The van der Waals surface area contributed by atoms with Gasteiger partial charge >= 0.3 is 18.2 Å². The van der Waals surface area contributed by atoms with Crippen molar-refractivity contribution in [3.8, 4) is 12.1 Å². The third-order valence-electron chi connectivity index (χ3n) is 23.3. The number of halogens is 1. The minimum absolute atomic E-state index is 0.130. The number of likely N-dealkylation sites (tertiary alicyclic amines) is 1. The largest absolute Gasteiger partial charge is 0.478 e. The minimum Gasteiger partial charge on any atom is -0.478 e. The van der Waals surface area contributed by atoms with Crippen LogP contribution in [0.25, 0.3) is 0 Å². The van der Waals surface area contributed by atoms with Gasteiger partial charge in [0, 0.05) is 134 Å². The number of nitriles is 2. The maximum Gasteiger partial charge on any atom is 0.410 e. The lowest BCUT2D eigenvalue weighted by Crippen LogP contribution is -2.61. The number of nitrogens with zero attached hydrogens (tertiary/aromatic N) is 14. The van der Waals surface area contributed by atoms with Gasteiger partial charge in [0.2, 0.25) is 0 Å². The number of piperazine rings is 3. The Morgan fingerprint density at radius 3 is 1.25 bits per heavy atom. The van der Waals surface area contributed by atoms with Crippen LogP contribution in [-0.2, 0) is 22.3 Å². The number of ether oxygens (including phenoxy) is 2. The molecule has 0 bridgehead atoms. The Bertz CT molecular complexity index is 4810. The van der Waals surface area contributed by atoms with Gasteiger partial charge in [-0.1, -0.05) is 74.5 Å². The first-order valence-electron chi connectivity index (χ1n) is 43.2. The van der Waals surface area contributed by atoms with Crippen LogP contribution in [0.2, 0.25) is 0 Å². The van der Waals surface area contributed by atoms with Crippen LogP contribution in [-0.4, -0.2) is 190 Å². The van der Waals surface area contributed by atoms with Crippen molar-refractivity contribution in [2.24, 2.45) is 17.3 Å². The van der Waals surface area contributed by atoms with Crippen LogP contribution in [0.1, 0.15) is 201 Å². The van der Waals surface area contributed by atoms with Gasteiger partial charge in [0.15, 0.2) is 0 Å². The number of hydrogen-bond donors (Lipinski definition) is 2. The molecule has 6 fully saturated rings. The molecule has 6 aliphatic rings. The fraction of sp³-hybridized carbons (Fsp3) is 0.495. The van der Waals surface area contributed by atoms with E-state index in [0.29, 0.717) is 43.6 Å². The number of carboxylic acids is 1. The zero-order chi connectivity index (χ0) is 88.7. The second-order valence-corrected chi connectivity index (χ2v) is 38.4. The first-order valence-corrected chi connectivity index (χ1v) is 44.0. The number of para-hydroxylation sites is 2. The summed E-state index contributed by atoms with van der Waals surface area (Å²) in [7, 11) is 0. The van der Waals surface area contributed by atoms with Crippen LogP contribution in [0, 0.1) is 67.6 Å². The van der Waals surface area contributed by atoms with Crippen molar-refractivity contribution in [1.82, 2.24) is 40.0 Å². The van der Waals surface area contributed by atoms with Crippen molar-refractivity contribution in [1.29, 1.82) is 10.5 Å². The predicted octanol–water partition coefficient (Wildman–Crippen LogP) is 19.2. The summed E-state index contributed by atoms with van der Waals surface area (Å²) in [6.45, 7) is 49.7. The SMILES string of the molecule is Brc1ccccn1.CC(C)(C)OC(=O)N1CCN(c2ccccn2)C(C)(C)C1.CC1(C)CCCN(C(=O)OC(C)(C)C)C1.CC1(C)CNCCN1c1ccccn1.Cc1cc(C)c(C(=O)N2CCN(c3ccccn3)C(C)(C)C2)cc1CC1CCN(c2ccccc2C#N)CC1.Cc1cc(C)c(C(=O)O)cc1CC1CCN(c2ccccc2C#N)CC1. The van der Waals surface area contributed by atoms with Gasteiger partial charge in [0.25, 0.3) is 5.91 Å². The number of anilines is 5. The Balaban J connectivity index is 0.000000178. The molecule has 0 spiro atoms. The van der Waals surface area contributed by atoms with Crippen LogP contribution >= 0.6 is 15.9 Å². The number of benzene rings is 4. The normalized spacial score (nSPS) is 17.5. The van der Waals surface area contributed by atoms with Crippen molar-refractivity contribution in [2.45, 2.75) is 204 Å². The lowest BCUT2D eigenvalue weighted by Gasteiger charge is -2.48. The molecule has 4 aromatic heterocycles. The van der Waals surface area contributed by atoms with E-state index in [2.05, 4.69) is 178 Å². The second kappa shape index (κ2) is 42.9. The molecule has 10 heterocycles. The fourth-order valence-electron chi connectivity index (χ4n) is 16.9. The number of carbonyl (C=O) groups is 4. The van der Waals surface area contributed by atoms with E-state index in [-0.39, 0.29) is 40.1 Å². The highest BCUT2D eigenvalue weighted by Gasteiger charge is 2.40. The standard InChI is InChI=1S/C33H39N5O.C22H24N2O2.C16H25N3O2.C12H23NO2.C11H17N3.C5H4BrN/c1-24-19-25(2)29(32(39)37-17-18-38(33(3,4)23-37)31-11-7-8-14-35-31)21-28(24)20-26-12-15-36(16-13-26)30-10-6-5-9-27(30)22-34;1-15-11-16(2)20(22(25)26)13-19(15)12-17-7-9-24(10-8-17)21-6-4-3-5-18(21)14-23;1-15(2,3)21-14(20)18-10-11-19(16(4,5)12-18)13-8-6-7-9-17-13;1-11(2,3)15-10(14)13-8-6-7-12(4,5)9-13;1-11(2)9-12-7-8-14(11)10-5-3-4-6-13-10;6-5-3-1-2-4-7-5/h5-11,14,19,21,26H,12-13,15-18,20,23H2,1-4H3;3-6,11,13,17H,7-10,12H2,1-2H3,(H,25,26);6-9H,10-12H2,1-5H3;6-9H2,1-5H3;3-6,12H,7-9H2,1-2H3;1-4H. The van der Waals surface area contributed by atoms with E-state index in [1.807, 2.05) is 192 Å². The fourth-order valence-corrected chi connectivity index (χ4v) is 17.2. The molecule has 22 nitrogen and oxygen atoms in total. The Morgan fingerprint density at radius 1 is 0.475 bits per heavy atom. The van der Waals surface area contributed by atoms with Gasteiger partial charge in [-0.05, 0) is 314 Å². The highest BCUT2D eigenvalue weighted by Crippen LogP contribution is 2.36. The van der Waals surface area contributed by atoms with Gasteiger partial charge in [0.05, 0.1) is 39.1 Å². The zero-order valence-corrected chi connectivity index (χ0v) is 77.2. The van der Waals surface area contributed by atoms with Crippen molar-refractivity contribution in [3.63, 3.8) is 0 Å². The van der Waals surface area contributed by atoms with Crippen molar-refractivity contribution in [2.75, 3.05) is 123 Å². The molecule has 0 unspecified atom stereocenters. The number of aromatic carboxylic acids is 1. The molecule has 3 amide bonds. The number of rotatable bonds is 11. The summed E-state index contributed by atoms with van der Waals surface area (Å²) >= 11 is 3.20. The number of aryl methyl sites for hydroxylation is 4. The van der Waals surface area contributed by atoms with E-state index < -0.39 is 17.2 Å². The molecule has 0 saturated carbocycles. The quantitative estimate of drug-likeness (QED) is 0.114. The number of piperidine rings is 3. The first kappa shape index (κ1) is 95.2. The van der Waals surface area contributed by atoms with Gasteiger partial charge in [-0.2, -0.15) is 10.5 Å². The zero-order valence-electron chi connectivity index (χ0n) is 75.6. The molecule has 122 heavy (non-hydrogen) atoms. The lowest BCUT2D eigenvalue weighted by atomic mass is 9.84. The highest BCUT2D eigenvalue weighted by atomic mass is 79.9. The van der Waals surface area contributed by atoms with E-state index in [1.165, 1.54) is 23.1 Å². The van der Waals surface area contributed by atoms with E-state index >= 15 is 0 Å². The molecule has 6 aliphatic heterocycles. The molecule has 23 heteroatoms. The third kappa shape index (κ3) is 27.7. The second-order valence-electron chi connectivity index (χ2n) is 37.6. The van der Waals surface area contributed by atoms with Gasteiger partial charge in [-0.25, -0.2) is 34.3 Å². The van der Waals surface area contributed by atoms with Crippen LogP contribution < -0.4 is 29.8 Å².